The molecule has 2 N–H and O–H groups in total. The molecule has 1 aromatic carbocycles. The van der Waals surface area contributed by atoms with Gasteiger partial charge in [0.15, 0.2) is 0 Å². The van der Waals surface area contributed by atoms with Crippen LogP contribution in [0.1, 0.15) is 45.1 Å². The number of benzene rings is 1. The Labute approximate surface area is 118 Å². The zero-order valence-corrected chi connectivity index (χ0v) is 12.4. The highest BCUT2D eigenvalue weighted by Gasteiger charge is 2.18. The number of anilines is 1. The molecule has 0 aromatic heterocycles. The van der Waals surface area contributed by atoms with Gasteiger partial charge in [-0.05, 0) is 49.3 Å². The summed E-state index contributed by atoms with van der Waals surface area (Å²) in [7, 11) is 0. The van der Waals surface area contributed by atoms with E-state index < -0.39 is 0 Å². The second-order valence-electron chi connectivity index (χ2n) is 5.90. The van der Waals surface area contributed by atoms with E-state index in [1.807, 2.05) is 0 Å². The first kappa shape index (κ1) is 14.4. The minimum Gasteiger partial charge on any atom is -0.371 e. The Morgan fingerprint density at radius 1 is 1.26 bits per heavy atom. The molecule has 1 heterocycles. The van der Waals surface area contributed by atoms with E-state index in [0.29, 0.717) is 6.04 Å². The summed E-state index contributed by atoms with van der Waals surface area (Å²) in [5.41, 5.74) is 8.76. The molecule has 0 bridgehead atoms. The maximum atomic E-state index is 6.01. The molecule has 0 aliphatic carbocycles. The van der Waals surface area contributed by atoms with Gasteiger partial charge in [0, 0.05) is 24.8 Å². The lowest BCUT2D eigenvalue weighted by Gasteiger charge is -2.34. The van der Waals surface area contributed by atoms with Crippen LogP contribution >= 0.6 is 0 Å². The molecule has 0 amide bonds. The summed E-state index contributed by atoms with van der Waals surface area (Å²) in [6, 6.07) is 9.34. The molecule has 2 unspecified atom stereocenters. The van der Waals surface area contributed by atoms with Crippen molar-refractivity contribution in [1.82, 2.24) is 0 Å². The zero-order valence-electron chi connectivity index (χ0n) is 12.4. The Bertz CT molecular complexity index is 371. The fourth-order valence-electron chi connectivity index (χ4n) is 2.92. The van der Waals surface area contributed by atoms with Gasteiger partial charge >= 0.3 is 0 Å². The van der Waals surface area contributed by atoms with Crippen LogP contribution in [0.15, 0.2) is 24.3 Å². The van der Waals surface area contributed by atoms with Crippen molar-refractivity contribution in [2.75, 3.05) is 18.0 Å². The highest BCUT2D eigenvalue weighted by molar-refractivity contribution is 5.48. The monoisotopic (exact) mass is 260 g/mol. The topological polar surface area (TPSA) is 29.3 Å². The fourth-order valence-corrected chi connectivity index (χ4v) is 2.92. The van der Waals surface area contributed by atoms with E-state index in [1.54, 1.807) is 0 Å². The minimum absolute atomic E-state index is 0.297. The first-order valence-corrected chi connectivity index (χ1v) is 7.82. The van der Waals surface area contributed by atoms with Gasteiger partial charge in [0.25, 0.3) is 0 Å². The van der Waals surface area contributed by atoms with E-state index in [0.717, 1.165) is 18.8 Å². The lowest BCUT2D eigenvalue weighted by Crippen LogP contribution is -2.35. The summed E-state index contributed by atoms with van der Waals surface area (Å²) in [6.07, 6.45) is 6.08. The van der Waals surface area contributed by atoms with E-state index in [9.17, 15) is 0 Å². The third-order valence-electron chi connectivity index (χ3n) is 4.42. The van der Waals surface area contributed by atoms with Gasteiger partial charge in [-0.25, -0.2) is 0 Å². The molecule has 0 spiro atoms. The van der Waals surface area contributed by atoms with Crippen LogP contribution in [0, 0.1) is 5.92 Å². The van der Waals surface area contributed by atoms with Crippen LogP contribution in [0.25, 0.3) is 0 Å². The average molecular weight is 260 g/mol. The van der Waals surface area contributed by atoms with E-state index in [1.165, 1.54) is 43.6 Å². The Hall–Kier alpha value is -1.02. The number of hydrogen-bond acceptors (Lipinski definition) is 2. The number of rotatable bonds is 5. The van der Waals surface area contributed by atoms with Gasteiger partial charge in [-0.3, -0.25) is 0 Å². The van der Waals surface area contributed by atoms with E-state index >= 15 is 0 Å². The van der Waals surface area contributed by atoms with Crippen LogP contribution in [0.2, 0.25) is 0 Å². The van der Waals surface area contributed by atoms with Crippen LogP contribution in [-0.4, -0.2) is 19.1 Å². The molecule has 106 valence electrons. The summed E-state index contributed by atoms with van der Waals surface area (Å²) >= 11 is 0. The normalized spacial score (nSPS) is 21.4. The molecule has 0 saturated carbocycles. The second-order valence-corrected chi connectivity index (χ2v) is 5.90. The standard InChI is InChI=1S/C17H28N2/c1-3-14-6-5-11-19(13-14)17-9-7-15(8-10-17)12-16(18)4-2/h7-10,14,16H,3-6,11-13,18H2,1-2H3. The van der Waals surface area contributed by atoms with E-state index in [-0.39, 0.29) is 0 Å². The minimum atomic E-state index is 0.297. The first-order chi connectivity index (χ1) is 9.22. The number of nitrogens with zero attached hydrogens (tertiary/aromatic N) is 1. The number of nitrogens with two attached hydrogens (primary N) is 1. The third kappa shape index (κ3) is 3.97. The van der Waals surface area contributed by atoms with E-state index in [4.69, 9.17) is 5.73 Å². The molecule has 1 aromatic rings. The van der Waals surface area contributed by atoms with Crippen molar-refractivity contribution in [1.29, 1.82) is 0 Å². The molecular weight excluding hydrogens is 232 g/mol. The first-order valence-electron chi connectivity index (χ1n) is 7.82. The maximum Gasteiger partial charge on any atom is 0.0366 e. The maximum absolute atomic E-state index is 6.01. The molecule has 19 heavy (non-hydrogen) atoms. The van der Waals surface area contributed by atoms with Gasteiger partial charge in [-0.15, -0.1) is 0 Å². The smallest absolute Gasteiger partial charge is 0.0366 e. The van der Waals surface area contributed by atoms with Crippen LogP contribution in [0.4, 0.5) is 5.69 Å². The Morgan fingerprint density at radius 2 is 2.00 bits per heavy atom. The lowest BCUT2D eigenvalue weighted by molar-refractivity contribution is 0.405. The summed E-state index contributed by atoms with van der Waals surface area (Å²) < 4.78 is 0. The number of hydrogen-bond donors (Lipinski definition) is 1. The SMILES string of the molecule is CCC(N)Cc1ccc(N2CCCC(CC)C2)cc1. The van der Waals surface area contributed by atoms with Crippen molar-refractivity contribution in [2.45, 2.75) is 52.0 Å². The van der Waals surface area contributed by atoms with Crippen molar-refractivity contribution in [2.24, 2.45) is 11.7 Å². The predicted molar refractivity (Wildman–Crippen MR) is 83.6 cm³/mol. The molecule has 1 saturated heterocycles. The van der Waals surface area contributed by atoms with Crippen molar-refractivity contribution < 1.29 is 0 Å². The molecule has 2 nitrogen and oxygen atoms in total. The Kier molecular flexibility index (Phi) is 5.26. The molecule has 1 aliphatic rings. The molecular formula is C17H28N2. The zero-order chi connectivity index (χ0) is 13.7. The molecule has 2 heteroatoms. The van der Waals surface area contributed by atoms with Crippen molar-refractivity contribution in [3.05, 3.63) is 29.8 Å². The number of piperidine rings is 1. The quantitative estimate of drug-likeness (QED) is 0.876. The summed E-state index contributed by atoms with van der Waals surface area (Å²) in [4.78, 5) is 2.54. The molecule has 0 radical (unpaired) electrons. The van der Waals surface area contributed by atoms with Crippen LogP contribution in [0.5, 0.6) is 0 Å². The summed E-state index contributed by atoms with van der Waals surface area (Å²) in [5.74, 6) is 0.877. The van der Waals surface area contributed by atoms with Crippen molar-refractivity contribution in [3.8, 4) is 0 Å². The fraction of sp³-hybridized carbons (Fsp3) is 0.647. The van der Waals surface area contributed by atoms with Gasteiger partial charge in [-0.2, -0.15) is 0 Å². The average Bonchev–Trinajstić information content (AvgIpc) is 2.48. The van der Waals surface area contributed by atoms with Gasteiger partial charge in [-0.1, -0.05) is 32.4 Å². The van der Waals surface area contributed by atoms with Crippen molar-refractivity contribution >= 4 is 5.69 Å². The molecule has 1 aliphatic heterocycles. The lowest BCUT2D eigenvalue weighted by atomic mass is 9.95. The van der Waals surface area contributed by atoms with Crippen molar-refractivity contribution in [3.63, 3.8) is 0 Å². The summed E-state index contributed by atoms with van der Waals surface area (Å²) in [6.45, 7) is 6.90. The highest BCUT2D eigenvalue weighted by atomic mass is 15.1. The molecule has 2 rings (SSSR count). The van der Waals surface area contributed by atoms with Crippen LogP contribution < -0.4 is 10.6 Å². The molecule has 1 fully saturated rings. The van der Waals surface area contributed by atoms with E-state index in [2.05, 4.69) is 43.0 Å². The van der Waals surface area contributed by atoms with Gasteiger partial charge in [0.1, 0.15) is 0 Å². The predicted octanol–water partition coefficient (Wildman–Crippen LogP) is 3.59. The second kappa shape index (κ2) is 6.95. The van der Waals surface area contributed by atoms with Gasteiger partial charge in [0.2, 0.25) is 0 Å². The Balaban J connectivity index is 1.97. The third-order valence-corrected chi connectivity index (χ3v) is 4.42. The van der Waals surface area contributed by atoms with Crippen LogP contribution in [0.3, 0.4) is 0 Å². The van der Waals surface area contributed by atoms with Crippen LogP contribution in [-0.2, 0) is 6.42 Å². The van der Waals surface area contributed by atoms with Gasteiger partial charge < -0.3 is 10.6 Å². The van der Waals surface area contributed by atoms with Gasteiger partial charge in [0.05, 0.1) is 0 Å². The Morgan fingerprint density at radius 3 is 2.63 bits per heavy atom. The highest BCUT2D eigenvalue weighted by Crippen LogP contribution is 2.25. The summed E-state index contributed by atoms with van der Waals surface area (Å²) in [5, 5.41) is 0. The molecule has 2 atom stereocenters. The largest absolute Gasteiger partial charge is 0.371 e.